The molecule has 4 aromatic rings. The van der Waals surface area contributed by atoms with E-state index in [2.05, 4.69) is 19.9 Å². The first-order chi connectivity index (χ1) is 13.0. The first-order valence-corrected chi connectivity index (χ1v) is 8.72. The van der Waals surface area contributed by atoms with Crippen LogP contribution < -0.4 is 15.0 Å². The quantitative estimate of drug-likeness (QED) is 0.496. The zero-order valence-electron chi connectivity index (χ0n) is 14.8. The van der Waals surface area contributed by atoms with Crippen LogP contribution in [0.4, 0.5) is 0 Å². The predicted molar refractivity (Wildman–Crippen MR) is 112 cm³/mol. The summed E-state index contributed by atoms with van der Waals surface area (Å²) in [5.74, 6) is 2.07. The molecular formula is C18H15Cl3N4O3. The van der Waals surface area contributed by atoms with Crippen molar-refractivity contribution in [3.05, 3.63) is 56.3 Å². The van der Waals surface area contributed by atoms with Crippen LogP contribution in [0.3, 0.4) is 0 Å². The van der Waals surface area contributed by atoms with E-state index in [0.29, 0.717) is 56.0 Å². The highest BCUT2D eigenvalue weighted by atomic mass is 35.5. The SMILES string of the molecule is COc1cc2nc(Cc3nc4cc(Cl)c(Cl)cc4[nH]3)[nH]c(=O)c2cc1OC.Cl. The first kappa shape index (κ1) is 20.3. The molecule has 0 aliphatic carbocycles. The third kappa shape index (κ3) is 3.61. The van der Waals surface area contributed by atoms with E-state index in [1.54, 1.807) is 24.3 Å². The van der Waals surface area contributed by atoms with Crippen LogP contribution in [0.25, 0.3) is 21.9 Å². The number of aromatic amines is 2. The summed E-state index contributed by atoms with van der Waals surface area (Å²) in [7, 11) is 3.04. The average molecular weight is 442 g/mol. The number of fused-ring (bicyclic) bond motifs is 2. The maximum Gasteiger partial charge on any atom is 0.258 e. The molecule has 0 bridgehead atoms. The number of halogens is 3. The second kappa shape index (κ2) is 7.87. The van der Waals surface area contributed by atoms with E-state index < -0.39 is 0 Å². The van der Waals surface area contributed by atoms with Gasteiger partial charge in [-0.3, -0.25) is 4.79 Å². The van der Waals surface area contributed by atoms with Crippen molar-refractivity contribution in [2.24, 2.45) is 0 Å². The van der Waals surface area contributed by atoms with Gasteiger partial charge in [0.05, 0.1) is 52.6 Å². The van der Waals surface area contributed by atoms with Crippen LogP contribution >= 0.6 is 35.6 Å². The fraction of sp³-hybridized carbons (Fsp3) is 0.167. The summed E-state index contributed by atoms with van der Waals surface area (Å²) < 4.78 is 10.5. The highest BCUT2D eigenvalue weighted by Crippen LogP contribution is 2.30. The van der Waals surface area contributed by atoms with E-state index in [1.165, 1.54) is 14.2 Å². The molecule has 4 rings (SSSR count). The summed E-state index contributed by atoms with van der Waals surface area (Å²) in [6, 6.07) is 6.68. The van der Waals surface area contributed by atoms with Gasteiger partial charge in [-0.2, -0.15) is 0 Å². The molecule has 0 spiro atoms. The highest BCUT2D eigenvalue weighted by Gasteiger charge is 2.13. The van der Waals surface area contributed by atoms with Crippen LogP contribution in [0.1, 0.15) is 11.6 Å². The van der Waals surface area contributed by atoms with Crippen molar-refractivity contribution in [3.63, 3.8) is 0 Å². The Kier molecular flexibility index (Phi) is 5.69. The van der Waals surface area contributed by atoms with Gasteiger partial charge in [0.25, 0.3) is 5.56 Å². The van der Waals surface area contributed by atoms with E-state index in [4.69, 9.17) is 32.7 Å². The summed E-state index contributed by atoms with van der Waals surface area (Å²) in [4.78, 5) is 27.4. The number of nitrogens with zero attached hydrogens (tertiary/aromatic N) is 2. The minimum Gasteiger partial charge on any atom is -0.493 e. The number of H-pyrrole nitrogens is 2. The molecular weight excluding hydrogens is 427 g/mol. The van der Waals surface area contributed by atoms with Crippen LogP contribution in [-0.4, -0.2) is 34.2 Å². The largest absolute Gasteiger partial charge is 0.493 e. The van der Waals surface area contributed by atoms with E-state index in [1.807, 2.05) is 0 Å². The number of hydrogen-bond donors (Lipinski definition) is 2. The molecule has 0 aliphatic heterocycles. The number of rotatable bonds is 4. The number of methoxy groups -OCH3 is 2. The molecule has 0 atom stereocenters. The Morgan fingerprint density at radius 3 is 2.21 bits per heavy atom. The standard InChI is InChI=1S/C18H14Cl2N4O3.ClH/c1-26-14-3-8-11(6-15(14)27-2)21-17(24-18(8)25)7-16-22-12-4-9(19)10(20)5-13(12)23-16;/h3-6H,7H2,1-2H3,(H,22,23)(H,21,24,25);1H. The molecule has 0 saturated heterocycles. The summed E-state index contributed by atoms with van der Waals surface area (Å²) in [6.07, 6.45) is 0.309. The minimum absolute atomic E-state index is 0. The topological polar surface area (TPSA) is 92.9 Å². The van der Waals surface area contributed by atoms with Gasteiger partial charge in [-0.1, -0.05) is 23.2 Å². The molecule has 146 valence electrons. The van der Waals surface area contributed by atoms with E-state index in [9.17, 15) is 4.79 Å². The fourth-order valence-corrected chi connectivity index (χ4v) is 3.22. The second-order valence-corrected chi connectivity index (χ2v) is 6.70. The van der Waals surface area contributed by atoms with E-state index >= 15 is 0 Å². The Hall–Kier alpha value is -2.48. The third-order valence-electron chi connectivity index (χ3n) is 4.17. The van der Waals surface area contributed by atoms with Gasteiger partial charge in [0, 0.05) is 6.07 Å². The molecule has 10 heteroatoms. The van der Waals surface area contributed by atoms with Gasteiger partial charge in [-0.15, -0.1) is 12.4 Å². The Labute approximate surface area is 175 Å². The zero-order valence-corrected chi connectivity index (χ0v) is 17.1. The van der Waals surface area contributed by atoms with Crippen molar-refractivity contribution in [2.75, 3.05) is 14.2 Å². The minimum atomic E-state index is -0.266. The molecule has 0 aliphatic rings. The molecule has 2 N–H and O–H groups in total. The zero-order chi connectivity index (χ0) is 19.1. The molecule has 0 fully saturated rings. The van der Waals surface area contributed by atoms with Crippen LogP contribution in [0.15, 0.2) is 29.1 Å². The lowest BCUT2D eigenvalue weighted by Crippen LogP contribution is -2.13. The van der Waals surface area contributed by atoms with Gasteiger partial charge in [-0.05, 0) is 18.2 Å². The number of hydrogen-bond acceptors (Lipinski definition) is 5. The van der Waals surface area contributed by atoms with Gasteiger partial charge in [0.2, 0.25) is 0 Å². The molecule has 0 unspecified atom stereocenters. The molecule has 2 aromatic carbocycles. The second-order valence-electron chi connectivity index (χ2n) is 5.88. The molecule has 7 nitrogen and oxygen atoms in total. The first-order valence-electron chi connectivity index (χ1n) is 7.97. The summed E-state index contributed by atoms with van der Waals surface area (Å²) >= 11 is 12.1. The lowest BCUT2D eigenvalue weighted by molar-refractivity contribution is 0.355. The van der Waals surface area contributed by atoms with Crippen molar-refractivity contribution >= 4 is 57.5 Å². The number of benzene rings is 2. The highest BCUT2D eigenvalue weighted by molar-refractivity contribution is 6.42. The van der Waals surface area contributed by atoms with Gasteiger partial charge >= 0.3 is 0 Å². The lowest BCUT2D eigenvalue weighted by Gasteiger charge is -2.09. The Balaban J connectivity index is 0.00000225. The van der Waals surface area contributed by atoms with Crippen LogP contribution in [0.2, 0.25) is 10.0 Å². The molecule has 0 saturated carbocycles. The van der Waals surface area contributed by atoms with Crippen molar-refractivity contribution in [1.29, 1.82) is 0 Å². The third-order valence-corrected chi connectivity index (χ3v) is 4.89. The van der Waals surface area contributed by atoms with Crippen LogP contribution in [0, 0.1) is 0 Å². The number of nitrogens with one attached hydrogen (secondary N) is 2. The maximum absolute atomic E-state index is 12.5. The maximum atomic E-state index is 12.5. The Morgan fingerprint density at radius 2 is 1.50 bits per heavy atom. The molecule has 0 amide bonds. The fourth-order valence-electron chi connectivity index (χ4n) is 2.90. The number of aromatic nitrogens is 4. The monoisotopic (exact) mass is 440 g/mol. The molecule has 0 radical (unpaired) electrons. The Morgan fingerprint density at radius 1 is 0.893 bits per heavy atom. The summed E-state index contributed by atoms with van der Waals surface area (Å²) in [6.45, 7) is 0. The normalized spacial score (nSPS) is 10.9. The van der Waals surface area contributed by atoms with Crippen LogP contribution in [-0.2, 0) is 6.42 Å². The van der Waals surface area contributed by atoms with Crippen molar-refractivity contribution < 1.29 is 9.47 Å². The number of imidazole rings is 1. The molecule has 2 aromatic heterocycles. The smallest absolute Gasteiger partial charge is 0.258 e. The van der Waals surface area contributed by atoms with Crippen molar-refractivity contribution in [3.8, 4) is 11.5 Å². The Bertz CT molecular complexity index is 1200. The molecule has 2 heterocycles. The lowest BCUT2D eigenvalue weighted by atomic mass is 10.2. The van der Waals surface area contributed by atoms with E-state index in [-0.39, 0.29) is 18.0 Å². The predicted octanol–water partition coefficient (Wildman–Crippen LogP) is 4.14. The van der Waals surface area contributed by atoms with Gasteiger partial charge in [0.1, 0.15) is 11.6 Å². The summed E-state index contributed by atoms with van der Waals surface area (Å²) in [5.41, 5.74) is 1.69. The van der Waals surface area contributed by atoms with Gasteiger partial charge in [0.15, 0.2) is 11.5 Å². The van der Waals surface area contributed by atoms with E-state index in [0.717, 1.165) is 5.52 Å². The van der Waals surface area contributed by atoms with Gasteiger partial charge in [-0.25, -0.2) is 9.97 Å². The average Bonchev–Trinajstić information content (AvgIpc) is 3.01. The molecule has 28 heavy (non-hydrogen) atoms. The van der Waals surface area contributed by atoms with Gasteiger partial charge < -0.3 is 19.4 Å². The van der Waals surface area contributed by atoms with Crippen molar-refractivity contribution in [2.45, 2.75) is 6.42 Å². The van der Waals surface area contributed by atoms with Crippen LogP contribution in [0.5, 0.6) is 11.5 Å². The summed E-state index contributed by atoms with van der Waals surface area (Å²) in [5, 5.41) is 1.29. The van der Waals surface area contributed by atoms with Crippen molar-refractivity contribution in [1.82, 2.24) is 19.9 Å². The number of ether oxygens (including phenoxy) is 2.